The van der Waals surface area contributed by atoms with E-state index in [-0.39, 0.29) is 31.2 Å². The lowest BCUT2D eigenvalue weighted by molar-refractivity contribution is -0.163. The van der Waals surface area contributed by atoms with Crippen molar-refractivity contribution in [3.8, 4) is 11.5 Å². The fourth-order valence-corrected chi connectivity index (χ4v) is 4.57. The van der Waals surface area contributed by atoms with Crippen LogP contribution in [0.3, 0.4) is 0 Å². The van der Waals surface area contributed by atoms with Crippen LogP contribution >= 0.6 is 12.2 Å². The summed E-state index contributed by atoms with van der Waals surface area (Å²) in [5.74, 6) is -1.13. The van der Waals surface area contributed by atoms with E-state index in [4.69, 9.17) is 41.6 Å². The first-order chi connectivity index (χ1) is 19.5. The number of carbonyl (C=O) groups is 2. The van der Waals surface area contributed by atoms with Gasteiger partial charge in [0, 0.05) is 26.5 Å². The second kappa shape index (κ2) is 16.9. The van der Waals surface area contributed by atoms with Crippen molar-refractivity contribution >= 4 is 29.1 Å². The molecule has 0 bridgehead atoms. The van der Waals surface area contributed by atoms with Crippen molar-refractivity contribution in [2.45, 2.75) is 39.2 Å². The molecule has 2 atom stereocenters. The molecule has 11 heteroatoms. The average Bonchev–Trinajstić information content (AvgIpc) is 2.93. The zero-order chi connectivity index (χ0) is 30.3. The Morgan fingerprint density at radius 3 is 1.95 bits per heavy atom. The highest BCUT2D eigenvalue weighted by Gasteiger charge is 2.59. The van der Waals surface area contributed by atoms with Crippen LogP contribution in [0.1, 0.15) is 30.9 Å². The summed E-state index contributed by atoms with van der Waals surface area (Å²) < 4.78 is 28.2. The number of primary amides is 1. The van der Waals surface area contributed by atoms with Gasteiger partial charge in [-0.3, -0.25) is 9.59 Å². The van der Waals surface area contributed by atoms with Gasteiger partial charge in [-0.15, -0.1) is 0 Å². The molecule has 0 aliphatic heterocycles. The lowest BCUT2D eigenvalue weighted by atomic mass is 9.67. The van der Waals surface area contributed by atoms with Crippen LogP contribution in [0.15, 0.2) is 48.5 Å². The van der Waals surface area contributed by atoms with Crippen molar-refractivity contribution < 1.29 is 38.4 Å². The quantitative estimate of drug-likeness (QED) is 0.155. The Morgan fingerprint density at radius 2 is 1.41 bits per heavy atom. The molecule has 0 unspecified atom stereocenters. The van der Waals surface area contributed by atoms with Crippen LogP contribution in [0.2, 0.25) is 0 Å². The molecule has 0 aliphatic rings. The molecular weight excluding hydrogens is 548 g/mol. The average molecular weight is 591 g/mol. The molecule has 4 N–H and O–H groups in total. The Hall–Kier alpha value is -3.25. The number of carboxylic acid groups (broad SMARTS) is 1. The molecule has 0 aliphatic carbocycles. The van der Waals surface area contributed by atoms with Gasteiger partial charge in [0.05, 0.1) is 39.6 Å². The number of nitrogens with two attached hydrogens (primary N) is 1. The van der Waals surface area contributed by atoms with Gasteiger partial charge in [-0.05, 0) is 45.0 Å². The van der Waals surface area contributed by atoms with E-state index in [0.29, 0.717) is 37.9 Å². The Bertz CT molecular complexity index is 1110. The maximum atomic E-state index is 13.1. The molecule has 41 heavy (non-hydrogen) atoms. The van der Waals surface area contributed by atoms with Crippen molar-refractivity contribution in [1.82, 2.24) is 5.32 Å². The van der Waals surface area contributed by atoms with E-state index in [9.17, 15) is 14.7 Å². The zero-order valence-electron chi connectivity index (χ0n) is 24.3. The third kappa shape index (κ3) is 10.3. The molecule has 0 spiro atoms. The summed E-state index contributed by atoms with van der Waals surface area (Å²) in [6.45, 7) is 7.72. The number of carboxylic acids is 1. The first-order valence-electron chi connectivity index (χ1n) is 13.4. The van der Waals surface area contributed by atoms with Crippen LogP contribution < -0.4 is 20.5 Å². The molecule has 226 valence electrons. The minimum Gasteiger partial charge on any atom is -0.494 e. The Balaban J connectivity index is 2.28. The maximum Gasteiger partial charge on any atom is 0.314 e. The highest BCUT2D eigenvalue weighted by molar-refractivity contribution is 7.80. The number of hydrogen-bond acceptors (Lipinski definition) is 8. The molecule has 2 rings (SSSR count). The van der Waals surface area contributed by atoms with Gasteiger partial charge < -0.3 is 39.8 Å². The van der Waals surface area contributed by atoms with Crippen LogP contribution in [0.5, 0.6) is 11.5 Å². The van der Waals surface area contributed by atoms with E-state index < -0.39 is 29.3 Å². The normalized spacial score (nSPS) is 14.0. The number of aliphatic carboxylic acids is 1. The molecule has 0 heterocycles. The molecule has 2 aromatic rings. The molecule has 0 radical (unpaired) electrons. The highest BCUT2D eigenvalue weighted by atomic mass is 32.1. The summed E-state index contributed by atoms with van der Waals surface area (Å²) in [6.07, 6.45) is -0.641. The summed E-state index contributed by atoms with van der Waals surface area (Å²) in [6, 6.07) is 14.5. The lowest BCUT2D eigenvalue weighted by Gasteiger charge is -2.45. The van der Waals surface area contributed by atoms with Crippen LogP contribution in [0.25, 0.3) is 0 Å². The molecular formula is C30H42N2O8S. The molecule has 2 aromatic carbocycles. The number of ether oxygens (including phenoxy) is 5. The predicted octanol–water partition coefficient (Wildman–Crippen LogP) is 3.45. The first-order valence-corrected chi connectivity index (χ1v) is 13.8. The molecule has 10 nitrogen and oxygen atoms in total. The Labute approximate surface area is 247 Å². The van der Waals surface area contributed by atoms with Crippen molar-refractivity contribution in [3.63, 3.8) is 0 Å². The lowest BCUT2D eigenvalue weighted by Crippen LogP contribution is -2.64. The van der Waals surface area contributed by atoms with Crippen molar-refractivity contribution in [2.24, 2.45) is 11.1 Å². The van der Waals surface area contributed by atoms with Gasteiger partial charge in [-0.2, -0.15) is 0 Å². The maximum absolute atomic E-state index is 13.1. The number of benzene rings is 2. The minimum atomic E-state index is -1.87. The van der Waals surface area contributed by atoms with E-state index >= 15 is 0 Å². The van der Waals surface area contributed by atoms with Crippen molar-refractivity contribution in [3.05, 3.63) is 59.7 Å². The van der Waals surface area contributed by atoms with E-state index in [0.717, 1.165) is 11.1 Å². The number of thiocarbonyl (C=S) groups is 1. The molecule has 0 saturated carbocycles. The molecule has 1 amide bonds. The summed E-state index contributed by atoms with van der Waals surface area (Å²) >= 11 is 5.75. The summed E-state index contributed by atoms with van der Waals surface area (Å²) in [5.41, 5.74) is 4.12. The number of carbonyl (C=O) groups excluding carboxylic acids is 1. The van der Waals surface area contributed by atoms with Gasteiger partial charge in [0.15, 0.2) is 5.60 Å². The summed E-state index contributed by atoms with van der Waals surface area (Å²) in [5, 5.41) is 13.7. The second-order valence-corrected chi connectivity index (χ2v) is 10.3. The minimum absolute atomic E-state index is 0.0235. The largest absolute Gasteiger partial charge is 0.494 e. The van der Waals surface area contributed by atoms with E-state index in [1.807, 2.05) is 38.1 Å². The number of methoxy groups -OCH3 is 1. The topological polar surface area (TPSA) is 139 Å². The SMILES string of the molecule is COCCOCCOCCNC(=S)[C@@](C)(Oc1ccc(C)cc1)[C@@](CCOc1ccc(C)cc1)(CC(N)=O)C(=O)O. The summed E-state index contributed by atoms with van der Waals surface area (Å²) in [7, 11) is 1.60. The number of hydrogen-bond donors (Lipinski definition) is 3. The molecule has 0 aromatic heterocycles. The van der Waals surface area contributed by atoms with Gasteiger partial charge in [0.1, 0.15) is 21.9 Å². The zero-order valence-corrected chi connectivity index (χ0v) is 25.1. The van der Waals surface area contributed by atoms with Crippen molar-refractivity contribution in [2.75, 3.05) is 53.3 Å². The number of amides is 1. The molecule has 0 fully saturated rings. The van der Waals surface area contributed by atoms with Gasteiger partial charge >= 0.3 is 5.97 Å². The van der Waals surface area contributed by atoms with E-state index in [2.05, 4.69) is 5.32 Å². The van der Waals surface area contributed by atoms with Crippen LogP contribution in [0, 0.1) is 19.3 Å². The van der Waals surface area contributed by atoms with Gasteiger partial charge in [0.25, 0.3) is 0 Å². The van der Waals surface area contributed by atoms with Gasteiger partial charge in [-0.25, -0.2) is 0 Å². The third-order valence-corrected chi connectivity index (χ3v) is 7.26. The van der Waals surface area contributed by atoms with Crippen LogP contribution in [-0.2, 0) is 23.8 Å². The smallest absolute Gasteiger partial charge is 0.314 e. The Kier molecular flexibility index (Phi) is 14.0. The Morgan fingerprint density at radius 1 is 0.878 bits per heavy atom. The van der Waals surface area contributed by atoms with Crippen molar-refractivity contribution in [1.29, 1.82) is 0 Å². The standard InChI is InChI=1S/C30H42N2O8S/c1-22-5-9-24(10-6-22)39-15-13-30(28(34)35,21-26(31)33)29(3,40-25-11-7-23(2)8-12-25)27(41)32-14-16-37-19-20-38-18-17-36-4/h5-12H,13-21H2,1-4H3,(H2,31,33)(H,32,41)(H,34,35)/t29-,30+/m1/s1. The van der Waals surface area contributed by atoms with E-state index in [1.165, 1.54) is 0 Å². The predicted molar refractivity (Wildman–Crippen MR) is 159 cm³/mol. The first kappa shape index (κ1) is 34.0. The van der Waals surface area contributed by atoms with Gasteiger partial charge in [0.2, 0.25) is 5.91 Å². The monoisotopic (exact) mass is 590 g/mol. The van der Waals surface area contributed by atoms with Crippen LogP contribution in [-0.4, -0.2) is 80.9 Å². The number of rotatable bonds is 20. The fraction of sp³-hybridized carbons (Fsp3) is 0.500. The van der Waals surface area contributed by atoms with E-state index in [1.54, 1.807) is 38.3 Å². The third-order valence-electron chi connectivity index (χ3n) is 6.73. The molecule has 0 saturated heterocycles. The number of nitrogens with one attached hydrogen (secondary N) is 1. The van der Waals surface area contributed by atoms with Gasteiger partial charge in [-0.1, -0.05) is 47.6 Å². The highest BCUT2D eigenvalue weighted by Crippen LogP contribution is 2.43. The fourth-order valence-electron chi connectivity index (χ4n) is 4.23. The van der Waals surface area contributed by atoms with Crippen LogP contribution in [0.4, 0.5) is 0 Å². The second-order valence-electron chi connectivity index (χ2n) is 9.86. The number of aryl methyl sites for hydroxylation is 2. The summed E-state index contributed by atoms with van der Waals surface area (Å²) in [4.78, 5) is 25.5.